The molecule has 0 aliphatic rings. The van der Waals surface area contributed by atoms with Crippen molar-refractivity contribution in [3.05, 3.63) is 5.56 Å². The van der Waals surface area contributed by atoms with Gasteiger partial charge in [-0.05, 0) is 6.92 Å². The molecule has 7 nitrogen and oxygen atoms in total. The molecule has 3 N–H and O–H groups in total. The van der Waals surface area contributed by atoms with Crippen LogP contribution in [0, 0.1) is 0 Å². The van der Waals surface area contributed by atoms with Crippen LogP contribution in [0.1, 0.15) is 17.3 Å². The molecule has 0 amide bonds. The first kappa shape index (κ1) is 11.5. The van der Waals surface area contributed by atoms with E-state index in [4.69, 9.17) is 5.73 Å². The van der Waals surface area contributed by atoms with Gasteiger partial charge in [0, 0.05) is 6.26 Å². The highest BCUT2D eigenvalue weighted by atomic mass is 32.2. The number of nitrogen functional groups attached to an aromatic ring is 1. The number of nitrogens with two attached hydrogens (primary N) is 1. The number of sulfone groups is 1. The molecule has 1 aromatic heterocycles. The van der Waals surface area contributed by atoms with Gasteiger partial charge in [0.25, 0.3) is 0 Å². The summed E-state index contributed by atoms with van der Waals surface area (Å²) in [7, 11) is -3.57. The molecular formula is C7H11N3O4S. The van der Waals surface area contributed by atoms with Crippen LogP contribution in [-0.2, 0) is 14.6 Å². The van der Waals surface area contributed by atoms with Crippen molar-refractivity contribution in [3.63, 3.8) is 0 Å². The molecule has 0 fully saturated rings. The number of nitrogens with one attached hydrogen (secondary N) is 1. The predicted octanol–water partition coefficient (Wildman–Crippen LogP) is -0.428. The summed E-state index contributed by atoms with van der Waals surface area (Å²) in [5.41, 5.74) is 5.12. The van der Waals surface area contributed by atoms with Crippen LogP contribution in [0.15, 0.2) is 5.03 Å². The zero-order valence-corrected chi connectivity index (χ0v) is 9.09. The molecule has 0 radical (unpaired) electrons. The van der Waals surface area contributed by atoms with Crippen molar-refractivity contribution in [1.29, 1.82) is 0 Å². The van der Waals surface area contributed by atoms with Crippen LogP contribution in [0.3, 0.4) is 0 Å². The van der Waals surface area contributed by atoms with Crippen molar-refractivity contribution in [3.8, 4) is 0 Å². The lowest BCUT2D eigenvalue weighted by molar-refractivity contribution is 0.0523. The third-order valence-corrected chi connectivity index (χ3v) is 2.65. The third-order valence-electron chi connectivity index (χ3n) is 1.61. The molecule has 0 saturated heterocycles. The molecule has 0 aliphatic heterocycles. The van der Waals surface area contributed by atoms with Crippen molar-refractivity contribution in [2.24, 2.45) is 0 Å². The van der Waals surface area contributed by atoms with Gasteiger partial charge in [-0.15, -0.1) is 0 Å². The largest absolute Gasteiger partial charge is 0.462 e. The van der Waals surface area contributed by atoms with Crippen LogP contribution >= 0.6 is 0 Å². The van der Waals surface area contributed by atoms with Gasteiger partial charge in [0.15, 0.2) is 20.7 Å². The first-order valence-electron chi connectivity index (χ1n) is 4.09. The number of aromatic amines is 1. The summed E-state index contributed by atoms with van der Waals surface area (Å²) in [4.78, 5) is 11.4. The van der Waals surface area contributed by atoms with E-state index in [0.29, 0.717) is 0 Å². The Morgan fingerprint density at radius 1 is 1.60 bits per heavy atom. The highest BCUT2D eigenvalue weighted by Gasteiger charge is 2.25. The lowest BCUT2D eigenvalue weighted by Crippen LogP contribution is -2.11. The summed E-state index contributed by atoms with van der Waals surface area (Å²) in [6.07, 6.45) is 0.947. The molecule has 1 rings (SSSR count). The predicted molar refractivity (Wildman–Crippen MR) is 52.1 cm³/mol. The minimum atomic E-state index is -3.57. The average Bonchev–Trinajstić information content (AvgIpc) is 2.46. The van der Waals surface area contributed by atoms with Crippen molar-refractivity contribution in [2.75, 3.05) is 18.6 Å². The maximum absolute atomic E-state index is 11.4. The molecule has 0 unspecified atom stereocenters. The van der Waals surface area contributed by atoms with E-state index in [9.17, 15) is 13.2 Å². The summed E-state index contributed by atoms with van der Waals surface area (Å²) in [5.74, 6) is -0.988. The molecule has 84 valence electrons. The van der Waals surface area contributed by atoms with Gasteiger partial charge in [-0.1, -0.05) is 0 Å². The fourth-order valence-corrected chi connectivity index (χ4v) is 1.78. The van der Waals surface area contributed by atoms with E-state index in [1.165, 1.54) is 0 Å². The second-order valence-electron chi connectivity index (χ2n) is 2.81. The third kappa shape index (κ3) is 2.27. The Hall–Kier alpha value is -1.57. The van der Waals surface area contributed by atoms with Crippen molar-refractivity contribution < 1.29 is 17.9 Å². The van der Waals surface area contributed by atoms with E-state index < -0.39 is 15.8 Å². The maximum atomic E-state index is 11.4. The minimum Gasteiger partial charge on any atom is -0.462 e. The van der Waals surface area contributed by atoms with Gasteiger partial charge in [0.2, 0.25) is 0 Å². The van der Waals surface area contributed by atoms with Gasteiger partial charge in [0.05, 0.1) is 6.61 Å². The molecule has 0 aromatic carbocycles. The van der Waals surface area contributed by atoms with Crippen LogP contribution in [0.25, 0.3) is 0 Å². The number of anilines is 1. The van der Waals surface area contributed by atoms with Crippen LogP contribution in [0.5, 0.6) is 0 Å². The quantitative estimate of drug-likeness (QED) is 0.684. The minimum absolute atomic E-state index is 0.132. The van der Waals surface area contributed by atoms with E-state index in [-0.39, 0.29) is 23.0 Å². The first-order chi connectivity index (χ1) is 6.88. The molecular weight excluding hydrogens is 222 g/mol. The summed E-state index contributed by atoms with van der Waals surface area (Å²) in [5, 5.41) is 5.33. The van der Waals surface area contributed by atoms with Gasteiger partial charge >= 0.3 is 5.97 Å². The van der Waals surface area contributed by atoms with Crippen LogP contribution in [0.2, 0.25) is 0 Å². The lowest BCUT2D eigenvalue weighted by Gasteiger charge is -2.01. The monoisotopic (exact) mass is 233 g/mol. The van der Waals surface area contributed by atoms with Crippen LogP contribution < -0.4 is 5.73 Å². The second kappa shape index (κ2) is 3.89. The van der Waals surface area contributed by atoms with Gasteiger partial charge in [-0.2, -0.15) is 5.10 Å². The molecule has 0 aliphatic carbocycles. The first-order valence-corrected chi connectivity index (χ1v) is 5.98. The summed E-state index contributed by atoms with van der Waals surface area (Å²) < 4.78 is 27.1. The average molecular weight is 233 g/mol. The molecule has 15 heavy (non-hydrogen) atoms. The highest BCUT2D eigenvalue weighted by Crippen LogP contribution is 2.19. The van der Waals surface area contributed by atoms with Crippen molar-refractivity contribution >= 4 is 21.6 Å². The Labute approximate surface area is 86.5 Å². The van der Waals surface area contributed by atoms with Gasteiger partial charge in [0.1, 0.15) is 5.56 Å². The molecule has 0 spiro atoms. The summed E-state index contributed by atoms with van der Waals surface area (Å²) >= 11 is 0. The fourth-order valence-electron chi connectivity index (χ4n) is 1.01. The number of esters is 1. The number of hydrogen-bond donors (Lipinski definition) is 2. The Balaban J connectivity index is 3.28. The van der Waals surface area contributed by atoms with Crippen molar-refractivity contribution in [2.45, 2.75) is 11.9 Å². The molecule has 8 heteroatoms. The number of carbonyl (C=O) groups is 1. The number of H-pyrrole nitrogens is 1. The topological polar surface area (TPSA) is 115 Å². The molecule has 0 atom stereocenters. The zero-order valence-electron chi connectivity index (χ0n) is 8.27. The fraction of sp³-hybridized carbons (Fsp3) is 0.429. The number of nitrogens with zero attached hydrogens (tertiary/aromatic N) is 1. The van der Waals surface area contributed by atoms with Crippen LogP contribution in [-0.4, -0.2) is 37.4 Å². The van der Waals surface area contributed by atoms with Gasteiger partial charge < -0.3 is 10.5 Å². The molecule has 0 bridgehead atoms. The highest BCUT2D eigenvalue weighted by molar-refractivity contribution is 7.90. The number of aromatic nitrogens is 2. The molecule has 0 saturated carbocycles. The van der Waals surface area contributed by atoms with Gasteiger partial charge in [-0.3, -0.25) is 5.10 Å². The Morgan fingerprint density at radius 3 is 2.67 bits per heavy atom. The van der Waals surface area contributed by atoms with E-state index in [1.807, 2.05) is 0 Å². The molecule has 1 heterocycles. The van der Waals surface area contributed by atoms with E-state index >= 15 is 0 Å². The van der Waals surface area contributed by atoms with E-state index in [1.54, 1.807) is 6.92 Å². The number of ether oxygens (including phenoxy) is 1. The Bertz CT molecular complexity index is 476. The second-order valence-corrected chi connectivity index (χ2v) is 4.76. The summed E-state index contributed by atoms with van der Waals surface area (Å²) in [6, 6.07) is 0. The number of rotatable bonds is 3. The van der Waals surface area contributed by atoms with Crippen LogP contribution in [0.4, 0.5) is 5.82 Å². The maximum Gasteiger partial charge on any atom is 0.344 e. The normalized spacial score (nSPS) is 11.3. The Morgan fingerprint density at radius 2 is 2.20 bits per heavy atom. The lowest BCUT2D eigenvalue weighted by atomic mass is 10.3. The van der Waals surface area contributed by atoms with E-state index in [0.717, 1.165) is 6.26 Å². The standard InChI is InChI=1S/C7H11N3O4S/c1-3-14-7(11)4-5(8)9-10-6(4)15(2,12)13/h3H2,1-2H3,(H3,8,9,10). The van der Waals surface area contributed by atoms with Crippen molar-refractivity contribution in [1.82, 2.24) is 10.2 Å². The van der Waals surface area contributed by atoms with E-state index in [2.05, 4.69) is 14.9 Å². The number of hydrogen-bond acceptors (Lipinski definition) is 6. The number of carbonyl (C=O) groups excluding carboxylic acids is 1. The molecule has 1 aromatic rings. The smallest absolute Gasteiger partial charge is 0.344 e. The van der Waals surface area contributed by atoms with Gasteiger partial charge in [-0.25, -0.2) is 13.2 Å². The zero-order chi connectivity index (χ0) is 11.6. The summed E-state index contributed by atoms with van der Waals surface area (Å²) in [6.45, 7) is 1.74. The SMILES string of the molecule is CCOC(=O)c1c(N)n[nH]c1S(C)(=O)=O. The Kier molecular flexibility index (Phi) is 2.98.